The Kier molecular flexibility index (Phi) is 6.62. The van der Waals surface area contributed by atoms with Gasteiger partial charge in [-0.2, -0.15) is 4.98 Å². The van der Waals surface area contributed by atoms with E-state index in [4.69, 9.17) is 4.74 Å². The van der Waals surface area contributed by atoms with Gasteiger partial charge < -0.3 is 10.1 Å². The van der Waals surface area contributed by atoms with Crippen molar-refractivity contribution in [3.63, 3.8) is 0 Å². The van der Waals surface area contributed by atoms with Gasteiger partial charge in [0.1, 0.15) is 5.56 Å². The van der Waals surface area contributed by atoms with E-state index in [1.165, 1.54) is 6.92 Å². The Hall–Kier alpha value is -2.76. The number of Topliss-reactive ketones (excluding diaryl/α,β-unsaturated/α-hetero) is 1. The second kappa shape index (κ2) is 8.92. The summed E-state index contributed by atoms with van der Waals surface area (Å²) in [5.41, 5.74) is 0.988. The molecule has 25 heavy (non-hydrogen) atoms. The van der Waals surface area contributed by atoms with Crippen LogP contribution in [0.3, 0.4) is 0 Å². The fourth-order valence-electron chi connectivity index (χ4n) is 2.20. The number of hydrogen-bond donors (Lipinski definition) is 1. The molecule has 0 aliphatic carbocycles. The molecule has 0 unspecified atom stereocenters. The second-order valence-corrected chi connectivity index (χ2v) is 5.60. The highest BCUT2D eigenvalue weighted by Gasteiger charge is 2.21. The molecule has 132 valence electrons. The van der Waals surface area contributed by atoms with Gasteiger partial charge in [0.05, 0.1) is 6.61 Å². The topological polar surface area (TPSA) is 81.2 Å². The molecule has 6 nitrogen and oxygen atoms in total. The van der Waals surface area contributed by atoms with Gasteiger partial charge in [0, 0.05) is 12.0 Å². The summed E-state index contributed by atoms with van der Waals surface area (Å²) >= 11 is 0. The van der Waals surface area contributed by atoms with Crippen molar-refractivity contribution >= 4 is 17.5 Å². The van der Waals surface area contributed by atoms with Crippen LogP contribution < -0.4 is 10.1 Å². The molecular formula is C19H23N3O3. The SMILES string of the molecule is CCCCOc1nc(-c2ccccc2)nc(NC(=O)CC)c1C(C)=O. The molecule has 1 amide bonds. The first-order valence-corrected chi connectivity index (χ1v) is 8.47. The molecule has 6 heteroatoms. The van der Waals surface area contributed by atoms with E-state index in [1.54, 1.807) is 6.92 Å². The summed E-state index contributed by atoms with van der Waals surface area (Å²) in [5, 5.41) is 2.69. The van der Waals surface area contributed by atoms with E-state index in [9.17, 15) is 9.59 Å². The molecule has 0 saturated heterocycles. The van der Waals surface area contributed by atoms with Crippen molar-refractivity contribution in [3.05, 3.63) is 35.9 Å². The van der Waals surface area contributed by atoms with Gasteiger partial charge in [-0.3, -0.25) is 9.59 Å². The van der Waals surface area contributed by atoms with Crippen LogP contribution in [0.4, 0.5) is 5.82 Å². The number of rotatable bonds is 8. The Bertz CT molecular complexity index is 745. The van der Waals surface area contributed by atoms with E-state index in [-0.39, 0.29) is 35.4 Å². The summed E-state index contributed by atoms with van der Waals surface area (Å²) in [6, 6.07) is 9.37. The maximum absolute atomic E-state index is 12.1. The minimum Gasteiger partial charge on any atom is -0.477 e. The zero-order valence-electron chi connectivity index (χ0n) is 14.8. The number of nitrogens with one attached hydrogen (secondary N) is 1. The molecular weight excluding hydrogens is 318 g/mol. The quantitative estimate of drug-likeness (QED) is 0.582. The first-order valence-electron chi connectivity index (χ1n) is 8.47. The maximum Gasteiger partial charge on any atom is 0.230 e. The number of aromatic nitrogens is 2. The number of carbonyl (C=O) groups excluding carboxylic acids is 2. The highest BCUT2D eigenvalue weighted by Crippen LogP contribution is 2.28. The van der Waals surface area contributed by atoms with Gasteiger partial charge in [0.25, 0.3) is 0 Å². The molecule has 0 radical (unpaired) electrons. The number of hydrogen-bond acceptors (Lipinski definition) is 5. The largest absolute Gasteiger partial charge is 0.477 e. The van der Waals surface area contributed by atoms with E-state index < -0.39 is 0 Å². The number of nitrogens with zero attached hydrogens (tertiary/aromatic N) is 2. The number of anilines is 1. The van der Waals surface area contributed by atoms with Crippen molar-refractivity contribution in [2.75, 3.05) is 11.9 Å². The lowest BCUT2D eigenvalue weighted by molar-refractivity contribution is -0.115. The molecule has 0 atom stereocenters. The summed E-state index contributed by atoms with van der Waals surface area (Å²) in [6.45, 7) is 5.65. The third-order valence-corrected chi connectivity index (χ3v) is 3.58. The van der Waals surface area contributed by atoms with Crippen molar-refractivity contribution in [2.45, 2.75) is 40.0 Å². The molecule has 0 spiro atoms. The van der Waals surface area contributed by atoms with Gasteiger partial charge in [-0.25, -0.2) is 4.98 Å². The molecule has 1 aromatic carbocycles. The third-order valence-electron chi connectivity index (χ3n) is 3.58. The van der Waals surface area contributed by atoms with E-state index in [0.29, 0.717) is 12.4 Å². The summed E-state index contributed by atoms with van der Waals surface area (Å²) in [7, 11) is 0. The van der Waals surface area contributed by atoms with E-state index >= 15 is 0 Å². The molecule has 2 rings (SSSR count). The third kappa shape index (κ3) is 4.86. The Morgan fingerprint density at radius 3 is 2.44 bits per heavy atom. The Labute approximate surface area is 147 Å². The van der Waals surface area contributed by atoms with Crippen LogP contribution in [0.5, 0.6) is 5.88 Å². The maximum atomic E-state index is 12.1. The van der Waals surface area contributed by atoms with E-state index in [0.717, 1.165) is 18.4 Å². The average molecular weight is 341 g/mol. The van der Waals surface area contributed by atoms with Crippen molar-refractivity contribution in [1.29, 1.82) is 0 Å². The first kappa shape index (κ1) is 18.6. The summed E-state index contributed by atoms with van der Waals surface area (Å²) in [5.74, 6) is 0.335. The monoisotopic (exact) mass is 341 g/mol. The molecule has 0 fully saturated rings. The number of ketones is 1. The number of unbranched alkanes of at least 4 members (excludes halogenated alkanes) is 1. The Balaban J connectivity index is 2.54. The predicted octanol–water partition coefficient (Wildman–Crippen LogP) is 3.87. The van der Waals surface area contributed by atoms with Crippen molar-refractivity contribution in [1.82, 2.24) is 9.97 Å². The predicted molar refractivity (Wildman–Crippen MR) is 96.8 cm³/mol. The number of benzene rings is 1. The summed E-state index contributed by atoms with van der Waals surface area (Å²) in [4.78, 5) is 32.8. The molecule has 1 aromatic heterocycles. The smallest absolute Gasteiger partial charge is 0.230 e. The van der Waals surface area contributed by atoms with Gasteiger partial charge in [-0.15, -0.1) is 0 Å². The number of ether oxygens (including phenoxy) is 1. The number of amides is 1. The lowest BCUT2D eigenvalue weighted by atomic mass is 10.1. The molecule has 1 N–H and O–H groups in total. The summed E-state index contributed by atoms with van der Waals surface area (Å²) < 4.78 is 5.73. The fraction of sp³-hybridized carbons (Fsp3) is 0.368. The lowest BCUT2D eigenvalue weighted by Crippen LogP contribution is -2.17. The van der Waals surface area contributed by atoms with E-state index in [1.807, 2.05) is 30.3 Å². The van der Waals surface area contributed by atoms with E-state index in [2.05, 4.69) is 22.2 Å². The molecule has 0 aliphatic rings. The van der Waals surface area contributed by atoms with Gasteiger partial charge in [-0.1, -0.05) is 50.6 Å². The normalized spacial score (nSPS) is 10.4. The first-order chi connectivity index (χ1) is 12.1. The van der Waals surface area contributed by atoms with Crippen LogP contribution in [0.15, 0.2) is 30.3 Å². The van der Waals surface area contributed by atoms with Crippen LogP contribution in [0, 0.1) is 0 Å². The molecule has 0 saturated carbocycles. The van der Waals surface area contributed by atoms with Crippen LogP contribution in [-0.2, 0) is 4.79 Å². The fourth-order valence-corrected chi connectivity index (χ4v) is 2.20. The van der Waals surface area contributed by atoms with Crippen molar-refractivity contribution in [2.24, 2.45) is 0 Å². The second-order valence-electron chi connectivity index (χ2n) is 5.60. The Morgan fingerprint density at radius 2 is 1.84 bits per heavy atom. The van der Waals surface area contributed by atoms with Crippen LogP contribution in [0.1, 0.15) is 50.4 Å². The van der Waals surface area contributed by atoms with Crippen LogP contribution >= 0.6 is 0 Å². The summed E-state index contributed by atoms with van der Waals surface area (Å²) in [6.07, 6.45) is 2.10. The highest BCUT2D eigenvalue weighted by molar-refractivity contribution is 6.04. The van der Waals surface area contributed by atoms with Crippen molar-refractivity contribution < 1.29 is 14.3 Å². The highest BCUT2D eigenvalue weighted by atomic mass is 16.5. The zero-order valence-corrected chi connectivity index (χ0v) is 14.8. The van der Waals surface area contributed by atoms with Gasteiger partial charge in [0.15, 0.2) is 17.4 Å². The minimum atomic E-state index is -0.252. The zero-order chi connectivity index (χ0) is 18.2. The van der Waals surface area contributed by atoms with Crippen LogP contribution in [0.2, 0.25) is 0 Å². The van der Waals surface area contributed by atoms with Crippen molar-refractivity contribution in [3.8, 4) is 17.3 Å². The van der Waals surface area contributed by atoms with Crippen LogP contribution in [-0.4, -0.2) is 28.3 Å². The molecule has 0 aliphatic heterocycles. The lowest BCUT2D eigenvalue weighted by Gasteiger charge is -2.14. The molecule has 2 aromatic rings. The standard InChI is InChI=1S/C19H23N3O3/c1-4-6-12-25-19-16(13(3)23)18(20-15(24)5-2)21-17(22-19)14-10-8-7-9-11-14/h7-11H,4-6,12H2,1-3H3,(H,20,21,22,24). The molecule has 0 bridgehead atoms. The van der Waals surface area contributed by atoms with Gasteiger partial charge >= 0.3 is 0 Å². The Morgan fingerprint density at radius 1 is 1.12 bits per heavy atom. The molecule has 1 heterocycles. The average Bonchev–Trinajstić information content (AvgIpc) is 2.62. The minimum absolute atomic E-state index is 0.194. The van der Waals surface area contributed by atoms with Gasteiger partial charge in [0.2, 0.25) is 11.8 Å². The van der Waals surface area contributed by atoms with Gasteiger partial charge in [-0.05, 0) is 13.3 Å². The van der Waals surface area contributed by atoms with Crippen LogP contribution in [0.25, 0.3) is 11.4 Å². The number of carbonyl (C=O) groups is 2.